The van der Waals surface area contributed by atoms with Gasteiger partial charge in [-0.2, -0.15) is 10.1 Å². The van der Waals surface area contributed by atoms with E-state index < -0.39 is 0 Å². The lowest BCUT2D eigenvalue weighted by Gasteiger charge is -2.05. The van der Waals surface area contributed by atoms with Crippen molar-refractivity contribution in [1.29, 1.82) is 0 Å². The van der Waals surface area contributed by atoms with Gasteiger partial charge >= 0.3 is 0 Å². The Labute approximate surface area is 177 Å². The summed E-state index contributed by atoms with van der Waals surface area (Å²) in [5, 5.41) is 8.84. The van der Waals surface area contributed by atoms with Gasteiger partial charge in [0, 0.05) is 5.56 Å². The molecular weight excluding hydrogens is 392 g/mol. The Balaban J connectivity index is 1.45. The zero-order valence-electron chi connectivity index (χ0n) is 17.2. The average Bonchev–Trinajstić information content (AvgIpc) is 3.43. The van der Waals surface area contributed by atoms with E-state index >= 15 is 0 Å². The Morgan fingerprint density at radius 1 is 1.10 bits per heavy atom. The average molecular weight is 412 g/mol. The van der Waals surface area contributed by atoms with Crippen molar-refractivity contribution in [2.45, 2.75) is 26.8 Å². The second-order valence-corrected chi connectivity index (χ2v) is 7.37. The third kappa shape index (κ3) is 3.52. The minimum Gasteiger partial charge on any atom is -0.337 e. The molecule has 0 N–H and O–H groups in total. The van der Waals surface area contributed by atoms with Gasteiger partial charge in [-0.05, 0) is 37.1 Å². The van der Waals surface area contributed by atoms with E-state index in [0.717, 1.165) is 23.2 Å². The highest BCUT2D eigenvalue weighted by Gasteiger charge is 2.14. The number of rotatable bonds is 5. The fourth-order valence-corrected chi connectivity index (χ4v) is 3.49. The van der Waals surface area contributed by atoms with Crippen LogP contribution < -0.4 is 5.56 Å². The monoisotopic (exact) mass is 412 g/mol. The predicted molar refractivity (Wildman–Crippen MR) is 116 cm³/mol. The van der Waals surface area contributed by atoms with Crippen molar-refractivity contribution < 1.29 is 4.52 Å². The van der Waals surface area contributed by atoms with Crippen LogP contribution >= 0.6 is 0 Å². The molecule has 0 fully saturated rings. The molecule has 0 aliphatic rings. The van der Waals surface area contributed by atoms with E-state index in [2.05, 4.69) is 27.1 Å². The molecule has 8 nitrogen and oxygen atoms in total. The van der Waals surface area contributed by atoms with E-state index in [1.54, 1.807) is 10.9 Å². The number of aryl methyl sites for hydroxylation is 2. The quantitative estimate of drug-likeness (QED) is 0.438. The SMILES string of the molecule is CCc1ccc(-n2ncc3c(=O)n(Cc4nc(-c5cccc(C)c5)no4)cnc32)cc1. The number of benzene rings is 2. The van der Waals surface area contributed by atoms with Gasteiger partial charge in [0.15, 0.2) is 5.65 Å². The molecule has 0 atom stereocenters. The van der Waals surface area contributed by atoms with Gasteiger partial charge in [-0.3, -0.25) is 9.36 Å². The number of hydrogen-bond donors (Lipinski definition) is 0. The van der Waals surface area contributed by atoms with Crippen molar-refractivity contribution in [2.24, 2.45) is 0 Å². The van der Waals surface area contributed by atoms with E-state index in [1.807, 2.05) is 55.5 Å². The Morgan fingerprint density at radius 3 is 2.71 bits per heavy atom. The molecule has 0 amide bonds. The van der Waals surface area contributed by atoms with Crippen molar-refractivity contribution in [1.82, 2.24) is 29.5 Å². The molecule has 0 aliphatic heterocycles. The molecule has 0 spiro atoms. The van der Waals surface area contributed by atoms with E-state index in [9.17, 15) is 4.79 Å². The van der Waals surface area contributed by atoms with Crippen molar-refractivity contribution in [3.8, 4) is 17.1 Å². The van der Waals surface area contributed by atoms with Crippen LogP contribution in [0.25, 0.3) is 28.1 Å². The fourth-order valence-electron chi connectivity index (χ4n) is 3.49. The zero-order chi connectivity index (χ0) is 21.4. The molecule has 3 heterocycles. The summed E-state index contributed by atoms with van der Waals surface area (Å²) in [6, 6.07) is 15.9. The first-order valence-corrected chi connectivity index (χ1v) is 10.0. The van der Waals surface area contributed by atoms with Gasteiger partial charge in [-0.25, -0.2) is 9.67 Å². The fraction of sp³-hybridized carbons (Fsp3) is 0.174. The second-order valence-electron chi connectivity index (χ2n) is 7.37. The molecule has 0 unspecified atom stereocenters. The maximum atomic E-state index is 13.0. The van der Waals surface area contributed by atoms with Crippen LogP contribution in [0, 0.1) is 6.92 Å². The summed E-state index contributed by atoms with van der Waals surface area (Å²) in [5.41, 5.74) is 4.37. The van der Waals surface area contributed by atoms with Crippen LogP contribution in [-0.4, -0.2) is 29.5 Å². The van der Waals surface area contributed by atoms with Crippen LogP contribution in [0.4, 0.5) is 0 Å². The van der Waals surface area contributed by atoms with Gasteiger partial charge < -0.3 is 4.52 Å². The summed E-state index contributed by atoms with van der Waals surface area (Å²) in [4.78, 5) is 21.9. The Kier molecular flexibility index (Phi) is 4.66. The molecule has 5 aromatic rings. The lowest BCUT2D eigenvalue weighted by molar-refractivity contribution is 0.369. The Bertz CT molecular complexity index is 1430. The summed E-state index contributed by atoms with van der Waals surface area (Å²) in [6.45, 7) is 4.25. The standard InChI is InChI=1S/C23H20N6O2/c1-3-16-7-9-18(10-8-16)29-22-19(12-25-29)23(30)28(14-24-22)13-20-26-21(27-31-20)17-6-4-5-15(2)11-17/h4-12,14H,3,13H2,1-2H3. The second kappa shape index (κ2) is 7.64. The largest absolute Gasteiger partial charge is 0.337 e. The van der Waals surface area contributed by atoms with Gasteiger partial charge in [-0.15, -0.1) is 0 Å². The molecule has 0 radical (unpaired) electrons. The number of nitrogens with zero attached hydrogens (tertiary/aromatic N) is 6. The summed E-state index contributed by atoms with van der Waals surface area (Å²) in [7, 11) is 0. The molecule has 31 heavy (non-hydrogen) atoms. The first-order chi connectivity index (χ1) is 15.1. The van der Waals surface area contributed by atoms with E-state index in [1.165, 1.54) is 16.5 Å². The lowest BCUT2D eigenvalue weighted by atomic mass is 10.1. The van der Waals surface area contributed by atoms with Crippen molar-refractivity contribution in [3.63, 3.8) is 0 Å². The summed E-state index contributed by atoms with van der Waals surface area (Å²) < 4.78 is 8.47. The minimum absolute atomic E-state index is 0.136. The first kappa shape index (κ1) is 18.9. The highest BCUT2D eigenvalue weighted by atomic mass is 16.5. The molecule has 5 rings (SSSR count). The van der Waals surface area contributed by atoms with Crippen LogP contribution in [0.2, 0.25) is 0 Å². The smallest absolute Gasteiger partial charge is 0.264 e. The van der Waals surface area contributed by atoms with Gasteiger partial charge in [0.1, 0.15) is 18.3 Å². The van der Waals surface area contributed by atoms with Crippen LogP contribution in [0.1, 0.15) is 23.9 Å². The molecule has 0 saturated carbocycles. The Hall–Kier alpha value is -4.07. The number of aromatic nitrogens is 6. The maximum absolute atomic E-state index is 13.0. The topological polar surface area (TPSA) is 91.6 Å². The van der Waals surface area contributed by atoms with E-state index in [4.69, 9.17) is 4.52 Å². The van der Waals surface area contributed by atoms with E-state index in [0.29, 0.717) is 22.7 Å². The van der Waals surface area contributed by atoms with Crippen LogP contribution in [0.5, 0.6) is 0 Å². The van der Waals surface area contributed by atoms with E-state index in [-0.39, 0.29) is 12.1 Å². The molecule has 0 bridgehead atoms. The molecule has 0 aliphatic carbocycles. The number of hydrogen-bond acceptors (Lipinski definition) is 6. The van der Waals surface area contributed by atoms with Gasteiger partial charge in [0.25, 0.3) is 5.56 Å². The van der Waals surface area contributed by atoms with Crippen molar-refractivity contribution in [3.05, 3.63) is 88.4 Å². The molecule has 0 saturated heterocycles. The van der Waals surface area contributed by atoms with Crippen LogP contribution in [0.3, 0.4) is 0 Å². The van der Waals surface area contributed by atoms with Crippen LogP contribution in [0.15, 0.2) is 70.4 Å². The zero-order valence-corrected chi connectivity index (χ0v) is 17.2. The third-order valence-electron chi connectivity index (χ3n) is 5.19. The summed E-state index contributed by atoms with van der Waals surface area (Å²) in [6.07, 6.45) is 3.99. The molecular formula is C23H20N6O2. The van der Waals surface area contributed by atoms with Crippen molar-refractivity contribution >= 4 is 11.0 Å². The van der Waals surface area contributed by atoms with Crippen molar-refractivity contribution in [2.75, 3.05) is 0 Å². The summed E-state index contributed by atoms with van der Waals surface area (Å²) >= 11 is 0. The maximum Gasteiger partial charge on any atom is 0.264 e. The lowest BCUT2D eigenvalue weighted by Crippen LogP contribution is -2.21. The van der Waals surface area contributed by atoms with Gasteiger partial charge in [0.05, 0.1) is 11.9 Å². The molecule has 3 aromatic heterocycles. The first-order valence-electron chi connectivity index (χ1n) is 10.0. The van der Waals surface area contributed by atoms with Gasteiger partial charge in [0.2, 0.25) is 11.7 Å². The highest BCUT2D eigenvalue weighted by molar-refractivity contribution is 5.74. The minimum atomic E-state index is -0.211. The normalized spacial score (nSPS) is 11.3. The molecule has 2 aromatic carbocycles. The van der Waals surface area contributed by atoms with Gasteiger partial charge in [-0.1, -0.05) is 48.0 Å². The highest BCUT2D eigenvalue weighted by Crippen LogP contribution is 2.18. The molecule has 154 valence electrons. The predicted octanol–water partition coefficient (Wildman–Crippen LogP) is 3.55. The summed E-state index contributed by atoms with van der Waals surface area (Å²) in [5.74, 6) is 0.825. The number of fused-ring (bicyclic) bond motifs is 1. The molecule has 8 heteroatoms. The Morgan fingerprint density at radius 2 is 1.94 bits per heavy atom. The third-order valence-corrected chi connectivity index (χ3v) is 5.19. The van der Waals surface area contributed by atoms with Crippen LogP contribution in [-0.2, 0) is 13.0 Å².